The van der Waals surface area contributed by atoms with E-state index in [4.69, 9.17) is 11.6 Å². The molecule has 2 rings (SSSR count). The van der Waals surface area contributed by atoms with Crippen LogP contribution in [0.5, 0.6) is 0 Å². The lowest BCUT2D eigenvalue weighted by Crippen LogP contribution is -2.38. The fourth-order valence-corrected chi connectivity index (χ4v) is 3.90. The van der Waals surface area contributed by atoms with Crippen molar-refractivity contribution in [3.8, 4) is 0 Å². The molecule has 1 aromatic rings. The van der Waals surface area contributed by atoms with Crippen LogP contribution in [0.2, 0.25) is 4.34 Å². The molecule has 1 amide bonds. The average molecular weight is 329 g/mol. The quantitative estimate of drug-likeness (QED) is 0.613. The van der Waals surface area contributed by atoms with Crippen LogP contribution in [0.3, 0.4) is 0 Å². The normalized spacial score (nSPS) is 18.2. The zero-order chi connectivity index (χ0) is 15.1. The third kappa shape index (κ3) is 5.61. The first kappa shape index (κ1) is 16.8. The molecule has 1 saturated carbocycles. The Hall–Kier alpha value is -0.580. The molecule has 1 aliphatic carbocycles. The summed E-state index contributed by atoms with van der Waals surface area (Å²) in [5.74, 6) is -0.0448. The summed E-state index contributed by atoms with van der Waals surface area (Å²) < 4.78 is 0.736. The second kappa shape index (κ2) is 8.76. The molecule has 0 radical (unpaired) electrons. The highest BCUT2D eigenvalue weighted by molar-refractivity contribution is 7.16. The summed E-state index contributed by atoms with van der Waals surface area (Å²) in [6.07, 6.45) is 7.96. The lowest BCUT2D eigenvalue weighted by Gasteiger charge is -2.17. The van der Waals surface area contributed by atoms with Crippen LogP contribution in [0.1, 0.15) is 56.2 Å². The first-order valence-corrected chi connectivity index (χ1v) is 9.12. The lowest BCUT2D eigenvalue weighted by molar-refractivity contribution is -0.122. The van der Waals surface area contributed by atoms with Crippen molar-refractivity contribution in [2.24, 2.45) is 0 Å². The maximum Gasteiger partial charge on any atom is 0.228 e. The summed E-state index contributed by atoms with van der Waals surface area (Å²) >= 11 is 7.39. The van der Waals surface area contributed by atoms with Gasteiger partial charge in [-0.2, -0.15) is 0 Å². The second-order valence-electron chi connectivity index (χ2n) is 5.80. The molecule has 1 atom stereocenters. The van der Waals surface area contributed by atoms with Gasteiger partial charge in [0, 0.05) is 24.0 Å². The molecule has 21 heavy (non-hydrogen) atoms. The Morgan fingerprint density at radius 2 is 2.00 bits per heavy atom. The van der Waals surface area contributed by atoms with E-state index in [1.54, 1.807) is 0 Å². The van der Waals surface area contributed by atoms with Crippen LogP contribution in [0.25, 0.3) is 0 Å². The van der Waals surface area contributed by atoms with Gasteiger partial charge in [-0.25, -0.2) is 0 Å². The molecule has 1 aliphatic rings. The minimum atomic E-state index is -0.125. The minimum absolute atomic E-state index is 0.0798. The lowest BCUT2D eigenvalue weighted by atomic mass is 10.1. The number of hydrogen-bond donors (Lipinski definition) is 2. The fraction of sp³-hybridized carbons (Fsp3) is 0.688. The summed E-state index contributed by atoms with van der Waals surface area (Å²) in [6.45, 7) is 3.48. The van der Waals surface area contributed by atoms with Gasteiger partial charge in [0.25, 0.3) is 0 Å². The predicted molar refractivity (Wildman–Crippen MR) is 90.2 cm³/mol. The molecule has 5 heteroatoms. The number of amides is 1. The number of thiophene rings is 1. The Morgan fingerprint density at radius 3 is 2.62 bits per heavy atom. The van der Waals surface area contributed by atoms with E-state index in [2.05, 4.69) is 10.6 Å². The van der Waals surface area contributed by atoms with Gasteiger partial charge in [-0.3, -0.25) is 4.79 Å². The van der Waals surface area contributed by atoms with Crippen LogP contribution in [-0.4, -0.2) is 25.0 Å². The number of carbonyl (C=O) groups is 1. The summed E-state index contributed by atoms with van der Waals surface area (Å²) in [4.78, 5) is 13.1. The van der Waals surface area contributed by atoms with E-state index in [1.807, 2.05) is 19.1 Å². The topological polar surface area (TPSA) is 41.1 Å². The molecule has 1 fully saturated rings. The van der Waals surface area contributed by atoms with Gasteiger partial charge in [0.15, 0.2) is 0 Å². The van der Waals surface area contributed by atoms with Crippen molar-refractivity contribution in [2.45, 2.75) is 57.4 Å². The first-order valence-electron chi connectivity index (χ1n) is 7.93. The molecule has 0 aromatic carbocycles. The van der Waals surface area contributed by atoms with Crippen LogP contribution >= 0.6 is 22.9 Å². The average Bonchev–Trinajstić information content (AvgIpc) is 2.75. The van der Waals surface area contributed by atoms with E-state index in [-0.39, 0.29) is 11.8 Å². The highest BCUT2D eigenvalue weighted by Crippen LogP contribution is 2.28. The summed E-state index contributed by atoms with van der Waals surface area (Å²) in [6, 6.07) is 4.41. The van der Waals surface area contributed by atoms with E-state index >= 15 is 0 Å². The number of hydrogen-bond acceptors (Lipinski definition) is 3. The van der Waals surface area contributed by atoms with Gasteiger partial charge in [0.1, 0.15) is 0 Å². The Morgan fingerprint density at radius 1 is 1.29 bits per heavy atom. The summed E-state index contributed by atoms with van der Waals surface area (Å²) in [7, 11) is 0. The third-order valence-corrected chi connectivity index (χ3v) is 5.54. The molecule has 0 saturated heterocycles. The highest BCUT2D eigenvalue weighted by atomic mass is 35.5. The van der Waals surface area contributed by atoms with Gasteiger partial charge in [0.05, 0.1) is 10.3 Å². The monoisotopic (exact) mass is 328 g/mol. The number of rotatable bonds is 6. The second-order valence-corrected chi connectivity index (χ2v) is 7.54. The van der Waals surface area contributed by atoms with Crippen molar-refractivity contribution in [2.75, 3.05) is 13.1 Å². The van der Waals surface area contributed by atoms with Crippen LogP contribution in [0.4, 0.5) is 0 Å². The van der Waals surface area contributed by atoms with Crippen LogP contribution < -0.4 is 10.6 Å². The van der Waals surface area contributed by atoms with Gasteiger partial charge in [-0.05, 0) is 31.9 Å². The van der Waals surface area contributed by atoms with Crippen molar-refractivity contribution >= 4 is 28.8 Å². The molecule has 2 N–H and O–H groups in total. The highest BCUT2D eigenvalue weighted by Gasteiger charge is 2.17. The Bertz CT molecular complexity index is 441. The van der Waals surface area contributed by atoms with E-state index in [9.17, 15) is 4.79 Å². The van der Waals surface area contributed by atoms with Crippen molar-refractivity contribution in [3.63, 3.8) is 0 Å². The van der Waals surface area contributed by atoms with Crippen molar-refractivity contribution in [3.05, 3.63) is 21.3 Å². The molecular formula is C16H25ClN2OS. The van der Waals surface area contributed by atoms with E-state index in [1.165, 1.54) is 49.9 Å². The summed E-state index contributed by atoms with van der Waals surface area (Å²) in [5, 5.41) is 6.57. The molecule has 1 aromatic heterocycles. The Labute approximate surface area is 136 Å². The molecule has 0 bridgehead atoms. The van der Waals surface area contributed by atoms with Gasteiger partial charge < -0.3 is 10.6 Å². The van der Waals surface area contributed by atoms with Gasteiger partial charge in [-0.1, -0.05) is 37.3 Å². The number of carbonyl (C=O) groups excluding carboxylic acids is 1. The van der Waals surface area contributed by atoms with E-state index in [0.29, 0.717) is 12.6 Å². The predicted octanol–water partition coefficient (Wildman–Crippen LogP) is 3.93. The number of nitrogens with one attached hydrogen (secondary N) is 2. The fourth-order valence-electron chi connectivity index (χ4n) is 2.79. The maximum absolute atomic E-state index is 12.1. The van der Waals surface area contributed by atoms with Crippen LogP contribution in [0, 0.1) is 0 Å². The molecule has 0 aliphatic heterocycles. The van der Waals surface area contributed by atoms with E-state index in [0.717, 1.165) is 15.8 Å². The van der Waals surface area contributed by atoms with E-state index < -0.39 is 0 Å². The molecule has 0 spiro atoms. The minimum Gasteiger partial charge on any atom is -0.354 e. The Balaban J connectivity index is 1.64. The molecular weight excluding hydrogens is 304 g/mol. The van der Waals surface area contributed by atoms with Gasteiger partial charge >= 0.3 is 0 Å². The smallest absolute Gasteiger partial charge is 0.228 e. The molecule has 118 valence electrons. The zero-order valence-corrected chi connectivity index (χ0v) is 14.2. The van der Waals surface area contributed by atoms with Gasteiger partial charge in [-0.15, -0.1) is 11.3 Å². The molecule has 3 nitrogen and oxygen atoms in total. The Kier molecular flexibility index (Phi) is 7.00. The van der Waals surface area contributed by atoms with Crippen LogP contribution in [-0.2, 0) is 4.79 Å². The largest absolute Gasteiger partial charge is 0.354 e. The number of halogens is 1. The third-order valence-electron chi connectivity index (χ3n) is 4.13. The van der Waals surface area contributed by atoms with Crippen molar-refractivity contribution in [1.82, 2.24) is 10.6 Å². The standard InChI is InChI=1S/C16H25ClN2OS/c1-12(14-8-9-15(17)21-14)16(20)19-11-10-18-13-6-4-2-3-5-7-13/h8-9,12-13,18H,2-7,10-11H2,1H3,(H,19,20). The summed E-state index contributed by atoms with van der Waals surface area (Å²) in [5.41, 5.74) is 0. The first-order chi connectivity index (χ1) is 10.2. The van der Waals surface area contributed by atoms with Crippen molar-refractivity contribution in [1.29, 1.82) is 0 Å². The zero-order valence-electron chi connectivity index (χ0n) is 12.7. The molecule has 1 heterocycles. The maximum atomic E-state index is 12.1. The van der Waals surface area contributed by atoms with Gasteiger partial charge in [0.2, 0.25) is 5.91 Å². The van der Waals surface area contributed by atoms with Crippen LogP contribution in [0.15, 0.2) is 12.1 Å². The molecule has 1 unspecified atom stereocenters. The SMILES string of the molecule is CC(C(=O)NCCNC1CCCCCC1)c1ccc(Cl)s1. The van der Waals surface area contributed by atoms with Crippen molar-refractivity contribution < 1.29 is 4.79 Å².